The molecule has 1 aliphatic rings. The second kappa shape index (κ2) is 6.55. The number of fused-ring (bicyclic) bond motifs is 1. The van der Waals surface area contributed by atoms with Gasteiger partial charge in [0.2, 0.25) is 11.8 Å². The molecule has 1 atom stereocenters. The number of hydrogen-bond acceptors (Lipinski definition) is 3. The minimum atomic E-state index is -0.107. The van der Waals surface area contributed by atoms with E-state index in [4.69, 9.17) is 5.26 Å². The predicted molar refractivity (Wildman–Crippen MR) is 91.6 cm³/mol. The lowest BCUT2D eigenvalue weighted by Crippen LogP contribution is -2.28. The number of amides is 2. The van der Waals surface area contributed by atoms with Gasteiger partial charge in [0.15, 0.2) is 0 Å². The Balaban J connectivity index is 1.70. The quantitative estimate of drug-likeness (QED) is 0.945. The number of nitrogens with zero attached hydrogens (tertiary/aromatic N) is 2. The molecule has 0 saturated carbocycles. The fraction of sp³-hybridized carbons (Fsp3) is 0.211. The van der Waals surface area contributed by atoms with Gasteiger partial charge in [0, 0.05) is 37.2 Å². The van der Waals surface area contributed by atoms with E-state index in [9.17, 15) is 9.59 Å². The van der Waals surface area contributed by atoms with Crippen LogP contribution in [0, 0.1) is 11.3 Å². The van der Waals surface area contributed by atoms with Crippen molar-refractivity contribution in [3.8, 4) is 6.07 Å². The van der Waals surface area contributed by atoms with E-state index < -0.39 is 0 Å². The van der Waals surface area contributed by atoms with Gasteiger partial charge in [-0.1, -0.05) is 18.2 Å². The SMILES string of the molecule is CC(=O)N1CC(CC(=O)Nc2ccc(C#N)cc2)c2ccccc21. The lowest BCUT2D eigenvalue weighted by atomic mass is 9.97. The first-order valence-electron chi connectivity index (χ1n) is 7.75. The summed E-state index contributed by atoms with van der Waals surface area (Å²) in [6.45, 7) is 2.06. The molecule has 0 fully saturated rings. The lowest BCUT2D eigenvalue weighted by molar-refractivity contribution is -0.118. The number of para-hydroxylation sites is 1. The van der Waals surface area contributed by atoms with E-state index >= 15 is 0 Å². The molecule has 1 heterocycles. The van der Waals surface area contributed by atoms with Crippen LogP contribution in [0.4, 0.5) is 11.4 Å². The Morgan fingerprint density at radius 2 is 1.92 bits per heavy atom. The maximum atomic E-state index is 12.3. The van der Waals surface area contributed by atoms with Gasteiger partial charge in [0.05, 0.1) is 11.6 Å². The molecule has 5 heteroatoms. The number of carbonyl (C=O) groups is 2. The Bertz CT molecular complexity index is 821. The van der Waals surface area contributed by atoms with Crippen LogP contribution in [0.2, 0.25) is 0 Å². The molecule has 2 amide bonds. The topological polar surface area (TPSA) is 73.2 Å². The van der Waals surface area contributed by atoms with Crippen LogP contribution in [0.15, 0.2) is 48.5 Å². The monoisotopic (exact) mass is 319 g/mol. The molecule has 1 aliphatic heterocycles. The second-order valence-electron chi connectivity index (χ2n) is 5.83. The zero-order valence-electron chi connectivity index (χ0n) is 13.3. The van der Waals surface area contributed by atoms with Gasteiger partial charge in [-0.3, -0.25) is 9.59 Å². The molecular formula is C19H17N3O2. The number of benzene rings is 2. The number of hydrogen-bond donors (Lipinski definition) is 1. The third-order valence-corrected chi connectivity index (χ3v) is 4.18. The van der Waals surface area contributed by atoms with Gasteiger partial charge in [-0.15, -0.1) is 0 Å². The first-order chi connectivity index (χ1) is 11.6. The van der Waals surface area contributed by atoms with E-state index in [0.717, 1.165) is 11.3 Å². The minimum absolute atomic E-state index is 0.0107. The number of anilines is 2. The minimum Gasteiger partial charge on any atom is -0.326 e. The van der Waals surface area contributed by atoms with Crippen molar-refractivity contribution in [3.63, 3.8) is 0 Å². The molecule has 1 unspecified atom stereocenters. The number of carbonyl (C=O) groups excluding carboxylic acids is 2. The van der Waals surface area contributed by atoms with Crippen LogP contribution in [0.3, 0.4) is 0 Å². The van der Waals surface area contributed by atoms with Crippen molar-refractivity contribution in [2.75, 3.05) is 16.8 Å². The van der Waals surface area contributed by atoms with E-state index in [1.54, 1.807) is 29.2 Å². The molecule has 0 bridgehead atoms. The van der Waals surface area contributed by atoms with E-state index in [-0.39, 0.29) is 17.7 Å². The number of nitriles is 1. The highest BCUT2D eigenvalue weighted by Gasteiger charge is 2.31. The summed E-state index contributed by atoms with van der Waals surface area (Å²) in [4.78, 5) is 25.8. The van der Waals surface area contributed by atoms with Crippen molar-refractivity contribution < 1.29 is 9.59 Å². The second-order valence-corrected chi connectivity index (χ2v) is 5.83. The number of nitrogens with one attached hydrogen (secondary N) is 1. The highest BCUT2D eigenvalue weighted by atomic mass is 16.2. The van der Waals surface area contributed by atoms with Gasteiger partial charge in [0.25, 0.3) is 0 Å². The maximum absolute atomic E-state index is 12.3. The zero-order chi connectivity index (χ0) is 17.1. The molecule has 0 saturated heterocycles. The van der Waals surface area contributed by atoms with E-state index in [1.807, 2.05) is 30.3 Å². The molecule has 0 radical (unpaired) electrons. The normalized spacial score (nSPS) is 15.5. The average molecular weight is 319 g/mol. The molecule has 0 aromatic heterocycles. The van der Waals surface area contributed by atoms with Crippen molar-refractivity contribution in [1.29, 1.82) is 5.26 Å². The Morgan fingerprint density at radius 1 is 1.21 bits per heavy atom. The van der Waals surface area contributed by atoms with Crippen molar-refractivity contribution in [2.24, 2.45) is 0 Å². The van der Waals surface area contributed by atoms with Crippen LogP contribution in [-0.4, -0.2) is 18.4 Å². The summed E-state index contributed by atoms with van der Waals surface area (Å²) in [5.74, 6) is -0.133. The van der Waals surface area contributed by atoms with Crippen LogP contribution >= 0.6 is 0 Å². The summed E-state index contributed by atoms with van der Waals surface area (Å²) < 4.78 is 0. The molecule has 24 heavy (non-hydrogen) atoms. The third kappa shape index (κ3) is 3.13. The predicted octanol–water partition coefficient (Wildman–Crippen LogP) is 3.04. The molecule has 0 spiro atoms. The average Bonchev–Trinajstić information content (AvgIpc) is 2.94. The fourth-order valence-corrected chi connectivity index (χ4v) is 3.03. The Labute approximate surface area is 140 Å². The summed E-state index contributed by atoms with van der Waals surface area (Å²) in [6, 6.07) is 16.5. The fourth-order valence-electron chi connectivity index (χ4n) is 3.03. The molecular weight excluding hydrogens is 302 g/mol. The van der Waals surface area contributed by atoms with E-state index in [1.165, 1.54) is 6.92 Å². The summed E-state index contributed by atoms with van der Waals surface area (Å²) in [6.07, 6.45) is 0.306. The van der Waals surface area contributed by atoms with Gasteiger partial charge in [-0.05, 0) is 35.9 Å². The van der Waals surface area contributed by atoms with Crippen LogP contribution in [0.1, 0.15) is 30.4 Å². The van der Waals surface area contributed by atoms with Crippen LogP contribution in [-0.2, 0) is 9.59 Å². The van der Waals surface area contributed by atoms with Crippen LogP contribution in [0.5, 0.6) is 0 Å². The molecule has 0 aliphatic carbocycles. The van der Waals surface area contributed by atoms with Gasteiger partial charge in [-0.2, -0.15) is 5.26 Å². The van der Waals surface area contributed by atoms with Crippen LogP contribution < -0.4 is 10.2 Å². The van der Waals surface area contributed by atoms with Crippen molar-refractivity contribution in [1.82, 2.24) is 0 Å². The Kier molecular flexibility index (Phi) is 4.30. The summed E-state index contributed by atoms with van der Waals surface area (Å²) in [5, 5.41) is 11.6. The summed E-state index contributed by atoms with van der Waals surface area (Å²) in [7, 11) is 0. The molecule has 2 aromatic rings. The highest BCUT2D eigenvalue weighted by molar-refractivity contribution is 5.96. The van der Waals surface area contributed by atoms with E-state index in [0.29, 0.717) is 24.2 Å². The standard InChI is InChI=1S/C19H17N3O2/c1-13(23)22-12-15(17-4-2-3-5-18(17)22)10-19(24)21-16-8-6-14(11-20)7-9-16/h2-9,15H,10,12H2,1H3,(H,21,24). The van der Waals surface area contributed by atoms with Gasteiger partial charge in [0.1, 0.15) is 0 Å². The van der Waals surface area contributed by atoms with Gasteiger partial charge >= 0.3 is 0 Å². The van der Waals surface area contributed by atoms with Crippen molar-refractivity contribution >= 4 is 23.2 Å². The molecule has 1 N–H and O–H groups in total. The zero-order valence-corrected chi connectivity index (χ0v) is 13.3. The van der Waals surface area contributed by atoms with Crippen molar-refractivity contribution in [2.45, 2.75) is 19.3 Å². The first-order valence-corrected chi connectivity index (χ1v) is 7.75. The number of rotatable bonds is 3. The van der Waals surface area contributed by atoms with Crippen LogP contribution in [0.25, 0.3) is 0 Å². The largest absolute Gasteiger partial charge is 0.326 e. The van der Waals surface area contributed by atoms with Gasteiger partial charge < -0.3 is 10.2 Å². The van der Waals surface area contributed by atoms with Crippen molar-refractivity contribution in [3.05, 3.63) is 59.7 Å². The molecule has 3 rings (SSSR count). The van der Waals surface area contributed by atoms with Gasteiger partial charge in [-0.25, -0.2) is 0 Å². The Morgan fingerprint density at radius 3 is 2.58 bits per heavy atom. The highest BCUT2D eigenvalue weighted by Crippen LogP contribution is 2.38. The summed E-state index contributed by atoms with van der Waals surface area (Å²) in [5.41, 5.74) is 3.13. The maximum Gasteiger partial charge on any atom is 0.225 e. The van der Waals surface area contributed by atoms with E-state index in [2.05, 4.69) is 5.32 Å². The first kappa shape index (κ1) is 15.8. The Hall–Kier alpha value is -3.13. The molecule has 5 nitrogen and oxygen atoms in total. The summed E-state index contributed by atoms with van der Waals surface area (Å²) >= 11 is 0. The smallest absolute Gasteiger partial charge is 0.225 e. The third-order valence-electron chi connectivity index (χ3n) is 4.18. The lowest BCUT2D eigenvalue weighted by Gasteiger charge is -2.15. The molecule has 120 valence electrons. The molecule has 2 aromatic carbocycles.